The van der Waals surface area contributed by atoms with Gasteiger partial charge in [-0.2, -0.15) is 0 Å². The molecule has 1 aromatic carbocycles. The number of methoxy groups -OCH3 is 1. The van der Waals surface area contributed by atoms with E-state index in [9.17, 15) is 4.79 Å². The minimum atomic E-state index is 0. The second-order valence-electron chi connectivity index (χ2n) is 4.89. The van der Waals surface area contributed by atoms with Crippen molar-refractivity contribution in [2.75, 3.05) is 20.2 Å². The van der Waals surface area contributed by atoms with Crippen LogP contribution in [0.1, 0.15) is 12.5 Å². The van der Waals surface area contributed by atoms with Crippen LogP contribution in [0.2, 0.25) is 0 Å². The van der Waals surface area contributed by atoms with Gasteiger partial charge in [-0.3, -0.25) is 4.79 Å². The fourth-order valence-electron chi connectivity index (χ4n) is 2.05. The number of carbonyl (C=O) groups is 1. The molecule has 1 fully saturated rings. The molecule has 1 aliphatic heterocycles. The molecule has 1 unspecified atom stereocenters. The number of ether oxygens (including phenoxy) is 1. The third-order valence-electron chi connectivity index (χ3n) is 3.62. The van der Waals surface area contributed by atoms with E-state index in [4.69, 9.17) is 4.74 Å². The molecule has 20 heavy (non-hydrogen) atoms. The predicted octanol–water partition coefficient (Wildman–Crippen LogP) is 2.35. The topological polar surface area (TPSA) is 50.4 Å². The Labute approximate surface area is 134 Å². The average molecular weight is 364 g/mol. The van der Waals surface area contributed by atoms with Gasteiger partial charge in [0, 0.05) is 12.5 Å². The van der Waals surface area contributed by atoms with E-state index in [0.717, 1.165) is 28.9 Å². The number of benzene rings is 1. The van der Waals surface area contributed by atoms with Crippen molar-refractivity contribution < 1.29 is 9.53 Å². The molecule has 1 atom stereocenters. The molecule has 0 aliphatic carbocycles. The molecule has 2 N–H and O–H groups in total. The van der Waals surface area contributed by atoms with E-state index >= 15 is 0 Å². The summed E-state index contributed by atoms with van der Waals surface area (Å²) in [5.74, 6) is 1.47. The van der Waals surface area contributed by atoms with E-state index in [1.165, 1.54) is 0 Å². The minimum absolute atomic E-state index is 0. The largest absolute Gasteiger partial charge is 0.496 e. The zero-order valence-corrected chi connectivity index (χ0v) is 14.0. The Bertz CT molecular complexity index is 466. The molecule has 0 spiro atoms. The van der Waals surface area contributed by atoms with Gasteiger partial charge in [-0.15, -0.1) is 12.4 Å². The van der Waals surface area contributed by atoms with Gasteiger partial charge in [0.2, 0.25) is 5.91 Å². The highest BCUT2D eigenvalue weighted by atomic mass is 79.9. The molecule has 1 aliphatic rings. The van der Waals surface area contributed by atoms with Gasteiger partial charge in [0.15, 0.2) is 0 Å². The first-order valence-electron chi connectivity index (χ1n) is 6.42. The molecule has 1 saturated heterocycles. The summed E-state index contributed by atoms with van der Waals surface area (Å²) < 4.78 is 6.08. The zero-order chi connectivity index (χ0) is 13.8. The van der Waals surface area contributed by atoms with Gasteiger partial charge in [0.25, 0.3) is 0 Å². The summed E-state index contributed by atoms with van der Waals surface area (Å²) in [5, 5.41) is 6.17. The quantitative estimate of drug-likeness (QED) is 0.844. The molecule has 0 radical (unpaired) electrons. The van der Waals surface area contributed by atoms with Gasteiger partial charge in [-0.25, -0.2) is 0 Å². The molecule has 0 bridgehead atoms. The summed E-state index contributed by atoms with van der Waals surface area (Å²) in [4.78, 5) is 12.0. The van der Waals surface area contributed by atoms with E-state index in [0.29, 0.717) is 12.5 Å². The van der Waals surface area contributed by atoms with Crippen LogP contribution < -0.4 is 15.4 Å². The minimum Gasteiger partial charge on any atom is -0.496 e. The number of nitrogens with one attached hydrogen (secondary N) is 2. The molecule has 2 rings (SSSR count). The highest BCUT2D eigenvalue weighted by molar-refractivity contribution is 9.10. The first-order chi connectivity index (χ1) is 9.11. The SMILES string of the molecule is COc1ccc(CNC(=O)C(C)C2CNC2)cc1Br.Cl. The van der Waals surface area contributed by atoms with Gasteiger partial charge in [0.1, 0.15) is 5.75 Å². The lowest BCUT2D eigenvalue weighted by Gasteiger charge is -2.31. The predicted molar refractivity (Wildman–Crippen MR) is 85.3 cm³/mol. The highest BCUT2D eigenvalue weighted by Crippen LogP contribution is 2.25. The number of halogens is 2. The van der Waals surface area contributed by atoms with E-state index in [-0.39, 0.29) is 24.2 Å². The number of rotatable bonds is 5. The lowest BCUT2D eigenvalue weighted by atomic mass is 9.88. The second-order valence-corrected chi connectivity index (χ2v) is 5.75. The van der Waals surface area contributed by atoms with Crippen molar-refractivity contribution in [3.63, 3.8) is 0 Å². The lowest BCUT2D eigenvalue weighted by molar-refractivity contribution is -0.126. The van der Waals surface area contributed by atoms with Crippen LogP contribution in [0.3, 0.4) is 0 Å². The Balaban J connectivity index is 0.00000200. The van der Waals surface area contributed by atoms with Crippen molar-refractivity contribution in [1.82, 2.24) is 10.6 Å². The van der Waals surface area contributed by atoms with Crippen molar-refractivity contribution >= 4 is 34.2 Å². The fourth-order valence-corrected chi connectivity index (χ4v) is 2.64. The molecule has 0 aromatic heterocycles. The number of hydrogen-bond acceptors (Lipinski definition) is 3. The molecule has 1 amide bonds. The number of amides is 1. The Morgan fingerprint density at radius 1 is 1.55 bits per heavy atom. The molecule has 1 heterocycles. The van der Waals surface area contributed by atoms with Crippen molar-refractivity contribution in [2.24, 2.45) is 11.8 Å². The standard InChI is InChI=1S/C14H19BrN2O2.ClH/c1-9(11-7-16-8-11)14(18)17-6-10-3-4-13(19-2)12(15)5-10;/h3-5,9,11,16H,6-8H2,1-2H3,(H,17,18);1H. The normalized spacial score (nSPS) is 15.8. The molecular formula is C14H20BrClN2O2. The zero-order valence-electron chi connectivity index (χ0n) is 11.6. The van der Waals surface area contributed by atoms with Crippen molar-refractivity contribution in [1.29, 1.82) is 0 Å². The van der Waals surface area contributed by atoms with Gasteiger partial charge < -0.3 is 15.4 Å². The Hall–Kier alpha value is -0.780. The number of carbonyl (C=O) groups excluding carboxylic acids is 1. The van der Waals surface area contributed by atoms with Crippen LogP contribution in [0.15, 0.2) is 22.7 Å². The molecule has 6 heteroatoms. The molecular weight excluding hydrogens is 344 g/mol. The third kappa shape index (κ3) is 4.11. The monoisotopic (exact) mass is 362 g/mol. The number of hydrogen-bond donors (Lipinski definition) is 2. The van der Waals surface area contributed by atoms with Crippen LogP contribution in [0.25, 0.3) is 0 Å². The third-order valence-corrected chi connectivity index (χ3v) is 4.24. The molecule has 1 aromatic rings. The summed E-state index contributed by atoms with van der Waals surface area (Å²) in [6.45, 7) is 4.43. The van der Waals surface area contributed by atoms with Crippen LogP contribution in [-0.4, -0.2) is 26.1 Å². The Morgan fingerprint density at radius 2 is 2.25 bits per heavy atom. The van der Waals surface area contributed by atoms with Crippen LogP contribution in [0, 0.1) is 11.8 Å². The highest BCUT2D eigenvalue weighted by Gasteiger charge is 2.28. The lowest BCUT2D eigenvalue weighted by Crippen LogP contribution is -2.49. The van der Waals surface area contributed by atoms with Gasteiger partial charge in [-0.1, -0.05) is 13.0 Å². The molecule has 4 nitrogen and oxygen atoms in total. The van der Waals surface area contributed by atoms with E-state index in [2.05, 4.69) is 26.6 Å². The summed E-state index contributed by atoms with van der Waals surface area (Å²) >= 11 is 3.44. The van der Waals surface area contributed by atoms with Gasteiger partial charge in [-0.05, 0) is 52.6 Å². The summed E-state index contributed by atoms with van der Waals surface area (Å²) in [6, 6.07) is 5.82. The van der Waals surface area contributed by atoms with Gasteiger partial charge >= 0.3 is 0 Å². The molecule has 112 valence electrons. The van der Waals surface area contributed by atoms with Gasteiger partial charge in [0.05, 0.1) is 11.6 Å². The van der Waals surface area contributed by atoms with Crippen LogP contribution >= 0.6 is 28.3 Å². The Morgan fingerprint density at radius 3 is 2.75 bits per heavy atom. The van der Waals surface area contributed by atoms with Crippen molar-refractivity contribution in [2.45, 2.75) is 13.5 Å². The fraction of sp³-hybridized carbons (Fsp3) is 0.500. The summed E-state index contributed by atoms with van der Waals surface area (Å²) in [7, 11) is 1.63. The average Bonchev–Trinajstić information content (AvgIpc) is 2.34. The van der Waals surface area contributed by atoms with E-state index in [1.807, 2.05) is 25.1 Å². The van der Waals surface area contributed by atoms with E-state index < -0.39 is 0 Å². The first kappa shape index (κ1) is 17.3. The van der Waals surface area contributed by atoms with Crippen molar-refractivity contribution in [3.05, 3.63) is 28.2 Å². The maximum atomic E-state index is 12.0. The van der Waals surface area contributed by atoms with E-state index in [1.54, 1.807) is 7.11 Å². The maximum Gasteiger partial charge on any atom is 0.223 e. The second kappa shape index (κ2) is 7.86. The molecule has 0 saturated carbocycles. The summed E-state index contributed by atoms with van der Waals surface area (Å²) in [5.41, 5.74) is 1.06. The van der Waals surface area contributed by atoms with Crippen LogP contribution in [0.5, 0.6) is 5.75 Å². The smallest absolute Gasteiger partial charge is 0.223 e. The maximum absolute atomic E-state index is 12.0. The first-order valence-corrected chi connectivity index (χ1v) is 7.22. The van der Waals surface area contributed by atoms with Crippen molar-refractivity contribution in [3.8, 4) is 5.75 Å². The van der Waals surface area contributed by atoms with Crippen LogP contribution in [-0.2, 0) is 11.3 Å². The summed E-state index contributed by atoms with van der Waals surface area (Å²) in [6.07, 6.45) is 0. The Kier molecular flexibility index (Phi) is 6.79. The van der Waals surface area contributed by atoms with Crippen LogP contribution in [0.4, 0.5) is 0 Å².